The van der Waals surface area contributed by atoms with Crippen LogP contribution in [0.2, 0.25) is 5.15 Å². The molecular formula is C10H12BrClN2O2. The Morgan fingerprint density at radius 3 is 2.56 bits per heavy atom. The van der Waals surface area contributed by atoms with Crippen molar-refractivity contribution in [3.05, 3.63) is 21.3 Å². The molecule has 0 aliphatic rings. The molecule has 88 valence electrons. The maximum atomic E-state index is 11.0. The summed E-state index contributed by atoms with van der Waals surface area (Å²) in [6, 6.07) is 1.44. The Labute approximate surface area is 107 Å². The lowest BCUT2D eigenvalue weighted by molar-refractivity contribution is 0.0697. The molecular weight excluding hydrogens is 295 g/mol. The number of aromatic carboxylic acids is 1. The molecule has 6 heteroatoms. The number of carboxylic acids is 1. The number of rotatable bonds is 2. The summed E-state index contributed by atoms with van der Waals surface area (Å²) in [5, 5.41) is 12.3. The number of hydrogen-bond acceptors (Lipinski definition) is 3. The van der Waals surface area contributed by atoms with Gasteiger partial charge in [-0.1, -0.05) is 11.6 Å². The lowest BCUT2D eigenvalue weighted by atomic mass is 10.1. The molecule has 0 saturated heterocycles. The molecule has 0 aromatic carbocycles. The maximum Gasteiger partial charge on any atom is 0.339 e. The van der Waals surface area contributed by atoms with Gasteiger partial charge in [0.2, 0.25) is 0 Å². The second kappa shape index (κ2) is 4.59. The Bertz CT molecular complexity index is 430. The van der Waals surface area contributed by atoms with E-state index in [9.17, 15) is 4.79 Å². The average Bonchev–Trinajstić information content (AvgIpc) is 2.07. The number of nitrogens with one attached hydrogen (secondary N) is 1. The number of hydrogen-bond donors (Lipinski definition) is 2. The van der Waals surface area contributed by atoms with Gasteiger partial charge in [-0.05, 0) is 42.8 Å². The number of carbonyl (C=O) groups is 1. The molecule has 0 saturated carbocycles. The van der Waals surface area contributed by atoms with Crippen LogP contribution in [0.25, 0.3) is 0 Å². The van der Waals surface area contributed by atoms with Crippen LogP contribution in [0, 0.1) is 0 Å². The fourth-order valence-corrected chi connectivity index (χ4v) is 1.54. The minimum absolute atomic E-state index is 0.0891. The first-order valence-corrected chi connectivity index (χ1v) is 5.75. The van der Waals surface area contributed by atoms with E-state index in [1.165, 1.54) is 6.07 Å². The summed E-state index contributed by atoms with van der Waals surface area (Å²) in [5.41, 5.74) is -0.194. The zero-order chi connectivity index (χ0) is 12.5. The van der Waals surface area contributed by atoms with Crippen LogP contribution >= 0.6 is 27.5 Å². The van der Waals surface area contributed by atoms with Crippen LogP contribution in [0.1, 0.15) is 31.1 Å². The van der Waals surface area contributed by atoms with Gasteiger partial charge < -0.3 is 10.4 Å². The van der Waals surface area contributed by atoms with Crippen LogP contribution in [-0.2, 0) is 0 Å². The van der Waals surface area contributed by atoms with Gasteiger partial charge in [-0.2, -0.15) is 0 Å². The Hall–Kier alpha value is -0.810. The third kappa shape index (κ3) is 3.35. The van der Waals surface area contributed by atoms with Gasteiger partial charge in [0, 0.05) is 5.54 Å². The summed E-state index contributed by atoms with van der Waals surface area (Å²) < 4.78 is 0.464. The van der Waals surface area contributed by atoms with Crippen LogP contribution < -0.4 is 5.32 Å². The zero-order valence-corrected chi connectivity index (χ0v) is 11.5. The van der Waals surface area contributed by atoms with Crippen molar-refractivity contribution in [1.29, 1.82) is 0 Å². The van der Waals surface area contributed by atoms with Crippen molar-refractivity contribution < 1.29 is 9.90 Å². The van der Waals surface area contributed by atoms with E-state index in [4.69, 9.17) is 16.7 Å². The van der Waals surface area contributed by atoms with Crippen molar-refractivity contribution in [3.63, 3.8) is 0 Å². The van der Waals surface area contributed by atoms with E-state index < -0.39 is 5.97 Å². The van der Waals surface area contributed by atoms with Crippen LogP contribution in [0.4, 0.5) is 5.82 Å². The van der Waals surface area contributed by atoms with Gasteiger partial charge in [0.1, 0.15) is 16.5 Å². The molecule has 0 amide bonds. The van der Waals surface area contributed by atoms with E-state index in [1.54, 1.807) is 0 Å². The monoisotopic (exact) mass is 306 g/mol. The summed E-state index contributed by atoms with van der Waals surface area (Å²) in [6.45, 7) is 5.74. The molecule has 2 N–H and O–H groups in total. The van der Waals surface area contributed by atoms with Crippen molar-refractivity contribution >= 4 is 39.3 Å². The molecule has 0 spiro atoms. The lowest BCUT2D eigenvalue weighted by Crippen LogP contribution is -2.28. The molecule has 0 fully saturated rings. The molecule has 1 aromatic rings. The summed E-state index contributed by atoms with van der Waals surface area (Å²) >= 11 is 8.97. The lowest BCUT2D eigenvalue weighted by Gasteiger charge is -2.22. The highest BCUT2D eigenvalue weighted by Gasteiger charge is 2.19. The van der Waals surface area contributed by atoms with E-state index in [1.807, 2.05) is 20.8 Å². The van der Waals surface area contributed by atoms with Crippen molar-refractivity contribution in [2.45, 2.75) is 26.3 Å². The van der Waals surface area contributed by atoms with Gasteiger partial charge in [-0.25, -0.2) is 9.78 Å². The van der Waals surface area contributed by atoms with E-state index >= 15 is 0 Å². The molecule has 0 atom stereocenters. The van der Waals surface area contributed by atoms with Gasteiger partial charge in [0.25, 0.3) is 0 Å². The molecule has 0 radical (unpaired) electrons. The van der Waals surface area contributed by atoms with E-state index in [0.29, 0.717) is 4.47 Å². The fourth-order valence-electron chi connectivity index (χ4n) is 1.08. The van der Waals surface area contributed by atoms with E-state index in [2.05, 4.69) is 26.2 Å². The Balaban J connectivity index is 3.25. The number of carboxylic acid groups (broad SMARTS) is 1. The predicted octanol–water partition coefficient (Wildman–Crippen LogP) is 3.41. The maximum absolute atomic E-state index is 11.0. The molecule has 1 aromatic heterocycles. The van der Waals surface area contributed by atoms with Crippen LogP contribution in [0.3, 0.4) is 0 Å². The number of anilines is 1. The standard InChI is InChI=1S/C10H12BrClN2O2/c1-10(2,3)14-8-5(9(15)16)4-6(11)7(12)13-8/h4H,1-3H3,(H,13,14)(H,15,16). The van der Waals surface area contributed by atoms with Gasteiger partial charge >= 0.3 is 5.97 Å². The van der Waals surface area contributed by atoms with E-state index in [0.717, 1.165) is 0 Å². The third-order valence-electron chi connectivity index (χ3n) is 1.66. The number of halogens is 2. The highest BCUT2D eigenvalue weighted by Crippen LogP contribution is 2.27. The topological polar surface area (TPSA) is 62.2 Å². The smallest absolute Gasteiger partial charge is 0.339 e. The number of aromatic nitrogens is 1. The van der Waals surface area contributed by atoms with Gasteiger partial charge in [-0.15, -0.1) is 0 Å². The number of pyridine rings is 1. The molecule has 4 nitrogen and oxygen atoms in total. The van der Waals surface area contributed by atoms with Crippen LogP contribution in [0.5, 0.6) is 0 Å². The molecule has 16 heavy (non-hydrogen) atoms. The van der Waals surface area contributed by atoms with E-state index in [-0.39, 0.29) is 22.1 Å². The summed E-state index contributed by atoms with van der Waals surface area (Å²) in [5.74, 6) is -0.773. The molecule has 0 aliphatic carbocycles. The molecule has 1 heterocycles. The average molecular weight is 308 g/mol. The second-order valence-electron chi connectivity index (χ2n) is 4.34. The first-order valence-electron chi connectivity index (χ1n) is 4.58. The highest BCUT2D eigenvalue weighted by atomic mass is 79.9. The third-order valence-corrected chi connectivity index (χ3v) is 2.78. The Kier molecular flexibility index (Phi) is 3.80. The summed E-state index contributed by atoms with van der Waals surface area (Å²) in [6.07, 6.45) is 0. The van der Waals surface area contributed by atoms with Crippen LogP contribution in [0.15, 0.2) is 10.5 Å². The molecule has 0 bridgehead atoms. The van der Waals surface area contributed by atoms with Crippen molar-refractivity contribution in [2.24, 2.45) is 0 Å². The second-order valence-corrected chi connectivity index (χ2v) is 5.55. The van der Waals surface area contributed by atoms with Crippen molar-refractivity contribution in [1.82, 2.24) is 4.98 Å². The predicted molar refractivity (Wildman–Crippen MR) is 67.3 cm³/mol. The highest BCUT2D eigenvalue weighted by molar-refractivity contribution is 9.10. The Morgan fingerprint density at radius 2 is 2.12 bits per heavy atom. The van der Waals surface area contributed by atoms with Crippen molar-refractivity contribution in [3.8, 4) is 0 Å². The molecule has 1 rings (SSSR count). The zero-order valence-electron chi connectivity index (χ0n) is 9.14. The van der Waals surface area contributed by atoms with Gasteiger partial charge in [-0.3, -0.25) is 0 Å². The van der Waals surface area contributed by atoms with Crippen LogP contribution in [-0.4, -0.2) is 21.6 Å². The first-order chi connectivity index (χ1) is 7.20. The first kappa shape index (κ1) is 13.3. The SMILES string of the molecule is CC(C)(C)Nc1nc(Cl)c(Br)cc1C(=O)O. The minimum Gasteiger partial charge on any atom is -0.478 e. The minimum atomic E-state index is -1.04. The quantitative estimate of drug-likeness (QED) is 0.822. The van der Waals surface area contributed by atoms with Crippen molar-refractivity contribution in [2.75, 3.05) is 5.32 Å². The van der Waals surface area contributed by atoms with Gasteiger partial charge in [0.15, 0.2) is 0 Å². The fraction of sp³-hybridized carbons (Fsp3) is 0.400. The Morgan fingerprint density at radius 1 is 1.56 bits per heavy atom. The summed E-state index contributed by atoms with van der Waals surface area (Å²) in [4.78, 5) is 15.0. The summed E-state index contributed by atoms with van der Waals surface area (Å²) in [7, 11) is 0. The van der Waals surface area contributed by atoms with Gasteiger partial charge in [0.05, 0.1) is 4.47 Å². The molecule has 0 aliphatic heterocycles. The number of nitrogens with zero attached hydrogens (tertiary/aromatic N) is 1. The normalized spacial score (nSPS) is 11.3. The largest absolute Gasteiger partial charge is 0.478 e. The molecule has 0 unspecified atom stereocenters.